The second-order valence-electron chi connectivity index (χ2n) is 5.03. The van der Waals surface area contributed by atoms with E-state index in [1.165, 1.54) is 11.1 Å². The molecule has 20 heavy (non-hydrogen) atoms. The molecule has 0 aliphatic rings. The van der Waals surface area contributed by atoms with E-state index in [-0.39, 0.29) is 0 Å². The first-order chi connectivity index (χ1) is 9.74. The van der Waals surface area contributed by atoms with Crippen LogP contribution >= 0.6 is 0 Å². The molecule has 0 saturated carbocycles. The summed E-state index contributed by atoms with van der Waals surface area (Å²) in [4.78, 5) is 0. The van der Waals surface area contributed by atoms with Gasteiger partial charge in [0, 0.05) is 12.1 Å². The Labute approximate surface area is 121 Å². The monoisotopic (exact) mass is 269 g/mol. The van der Waals surface area contributed by atoms with E-state index in [2.05, 4.69) is 61.6 Å². The average molecular weight is 269 g/mol. The van der Waals surface area contributed by atoms with Crippen LogP contribution in [0.3, 0.4) is 0 Å². The first-order valence-corrected chi connectivity index (χ1v) is 7.19. The highest BCUT2D eigenvalue weighted by Gasteiger charge is 2.13. The van der Waals surface area contributed by atoms with Gasteiger partial charge in [0.05, 0.1) is 7.11 Å². The van der Waals surface area contributed by atoms with Gasteiger partial charge in [-0.15, -0.1) is 0 Å². The third-order valence-electron chi connectivity index (χ3n) is 3.68. The minimum atomic E-state index is 0.336. The van der Waals surface area contributed by atoms with E-state index >= 15 is 0 Å². The van der Waals surface area contributed by atoms with Crippen molar-refractivity contribution in [3.63, 3.8) is 0 Å². The van der Waals surface area contributed by atoms with Gasteiger partial charge in [-0.25, -0.2) is 0 Å². The lowest BCUT2D eigenvalue weighted by atomic mass is 10.0. The van der Waals surface area contributed by atoms with E-state index in [1.54, 1.807) is 7.11 Å². The Balaban J connectivity index is 2.08. The van der Waals surface area contributed by atoms with Gasteiger partial charge in [0.2, 0.25) is 0 Å². The maximum absolute atomic E-state index is 5.21. The summed E-state index contributed by atoms with van der Waals surface area (Å²) < 4.78 is 5.21. The molecule has 1 unspecified atom stereocenters. The van der Waals surface area contributed by atoms with E-state index in [4.69, 9.17) is 4.74 Å². The maximum atomic E-state index is 5.21. The number of hydrogen-bond donors (Lipinski definition) is 1. The number of nitrogens with one attached hydrogen (secondary N) is 1. The summed E-state index contributed by atoms with van der Waals surface area (Å²) in [6.45, 7) is 4.42. The lowest BCUT2D eigenvalue weighted by Gasteiger charge is -2.23. The Morgan fingerprint density at radius 2 is 1.60 bits per heavy atom. The number of hydrogen-bond acceptors (Lipinski definition) is 2. The lowest BCUT2D eigenvalue weighted by Crippen LogP contribution is -2.24. The summed E-state index contributed by atoms with van der Waals surface area (Å²) in [5, 5.41) is 3.70. The molecule has 0 amide bonds. The third kappa shape index (κ3) is 3.61. The molecule has 2 heteroatoms. The number of ether oxygens (including phenoxy) is 1. The van der Waals surface area contributed by atoms with Gasteiger partial charge in [-0.1, -0.05) is 49.4 Å². The summed E-state index contributed by atoms with van der Waals surface area (Å²) in [6.07, 6.45) is 1.06. The molecule has 2 nitrogen and oxygen atoms in total. The highest BCUT2D eigenvalue weighted by molar-refractivity contribution is 5.29. The summed E-state index contributed by atoms with van der Waals surface area (Å²) >= 11 is 0. The van der Waals surface area contributed by atoms with Crippen molar-refractivity contribution >= 4 is 0 Å². The second-order valence-corrected chi connectivity index (χ2v) is 5.03. The van der Waals surface area contributed by atoms with Crippen molar-refractivity contribution in [3.8, 4) is 5.75 Å². The van der Waals surface area contributed by atoms with Crippen LogP contribution in [0.15, 0.2) is 54.6 Å². The first kappa shape index (κ1) is 14.6. The number of benzene rings is 2. The second kappa shape index (κ2) is 7.11. The highest BCUT2D eigenvalue weighted by Crippen LogP contribution is 2.23. The predicted octanol–water partition coefficient (Wildman–Crippen LogP) is 4.50. The largest absolute Gasteiger partial charge is 0.497 e. The smallest absolute Gasteiger partial charge is 0.118 e. The molecule has 0 saturated heterocycles. The summed E-state index contributed by atoms with van der Waals surface area (Å²) in [5.74, 6) is 0.903. The van der Waals surface area contributed by atoms with Crippen molar-refractivity contribution in [3.05, 3.63) is 65.7 Å². The molecule has 106 valence electrons. The van der Waals surface area contributed by atoms with Crippen molar-refractivity contribution < 1.29 is 4.74 Å². The van der Waals surface area contributed by atoms with Gasteiger partial charge in [0.15, 0.2) is 0 Å². The lowest BCUT2D eigenvalue weighted by molar-refractivity contribution is 0.413. The molecule has 0 heterocycles. The van der Waals surface area contributed by atoms with E-state index in [0.29, 0.717) is 12.1 Å². The van der Waals surface area contributed by atoms with Crippen LogP contribution in [-0.4, -0.2) is 7.11 Å². The highest BCUT2D eigenvalue weighted by atomic mass is 16.5. The van der Waals surface area contributed by atoms with Crippen molar-refractivity contribution in [2.45, 2.75) is 32.4 Å². The molecule has 2 aromatic rings. The molecule has 2 aromatic carbocycles. The zero-order valence-electron chi connectivity index (χ0n) is 12.5. The Kier molecular flexibility index (Phi) is 5.19. The van der Waals surface area contributed by atoms with E-state index in [1.807, 2.05) is 12.1 Å². The summed E-state index contributed by atoms with van der Waals surface area (Å²) in [7, 11) is 1.70. The quantitative estimate of drug-likeness (QED) is 0.834. The zero-order valence-corrected chi connectivity index (χ0v) is 12.5. The summed E-state index contributed by atoms with van der Waals surface area (Å²) in [6, 6.07) is 19.6. The van der Waals surface area contributed by atoms with Crippen LogP contribution in [0, 0.1) is 0 Å². The number of rotatable bonds is 6. The van der Waals surface area contributed by atoms with Crippen LogP contribution in [0.4, 0.5) is 0 Å². The maximum Gasteiger partial charge on any atom is 0.118 e. The van der Waals surface area contributed by atoms with Gasteiger partial charge in [-0.2, -0.15) is 0 Å². The van der Waals surface area contributed by atoms with Crippen LogP contribution in [0.5, 0.6) is 5.75 Å². The van der Waals surface area contributed by atoms with Gasteiger partial charge < -0.3 is 10.1 Å². The van der Waals surface area contributed by atoms with Gasteiger partial charge >= 0.3 is 0 Å². The van der Waals surface area contributed by atoms with Crippen molar-refractivity contribution in [2.75, 3.05) is 7.11 Å². The Bertz CT molecular complexity index is 507. The molecule has 0 radical (unpaired) electrons. The third-order valence-corrected chi connectivity index (χ3v) is 3.68. The van der Waals surface area contributed by atoms with E-state index < -0.39 is 0 Å². The standard InChI is InChI=1S/C18H23NO/c1-4-18(16-10-12-17(20-3)13-11-16)19-14(2)15-8-6-5-7-9-15/h5-14,18-19H,4H2,1-3H3/t14-,18?/m0/s1. The normalized spacial score (nSPS) is 13.8. The fraction of sp³-hybridized carbons (Fsp3) is 0.333. The minimum Gasteiger partial charge on any atom is -0.497 e. The van der Waals surface area contributed by atoms with Crippen LogP contribution in [0.1, 0.15) is 43.5 Å². The van der Waals surface area contributed by atoms with Crippen molar-refractivity contribution in [1.82, 2.24) is 5.32 Å². The van der Waals surface area contributed by atoms with Crippen LogP contribution < -0.4 is 10.1 Å². The van der Waals surface area contributed by atoms with E-state index in [0.717, 1.165) is 12.2 Å². The Hall–Kier alpha value is -1.80. The van der Waals surface area contributed by atoms with Crippen LogP contribution in [0.25, 0.3) is 0 Å². The van der Waals surface area contributed by atoms with Crippen LogP contribution in [0.2, 0.25) is 0 Å². The Morgan fingerprint density at radius 3 is 2.15 bits per heavy atom. The number of methoxy groups -OCH3 is 1. The molecule has 0 aromatic heterocycles. The topological polar surface area (TPSA) is 21.3 Å². The molecule has 2 rings (SSSR count). The molecule has 0 aliphatic carbocycles. The molecule has 0 bridgehead atoms. The molecule has 1 N–H and O–H groups in total. The summed E-state index contributed by atoms with van der Waals surface area (Å²) in [5.41, 5.74) is 2.62. The molecule has 0 spiro atoms. The molecule has 0 aliphatic heterocycles. The molecule has 0 fully saturated rings. The van der Waals surface area contributed by atoms with Gasteiger partial charge in [0.25, 0.3) is 0 Å². The zero-order chi connectivity index (χ0) is 14.4. The predicted molar refractivity (Wildman–Crippen MR) is 84.0 cm³/mol. The van der Waals surface area contributed by atoms with Crippen molar-refractivity contribution in [2.24, 2.45) is 0 Å². The fourth-order valence-electron chi connectivity index (χ4n) is 2.43. The Morgan fingerprint density at radius 1 is 0.950 bits per heavy atom. The first-order valence-electron chi connectivity index (χ1n) is 7.19. The van der Waals surface area contributed by atoms with Gasteiger partial charge in [0.1, 0.15) is 5.75 Å². The van der Waals surface area contributed by atoms with Crippen molar-refractivity contribution in [1.29, 1.82) is 0 Å². The van der Waals surface area contributed by atoms with E-state index in [9.17, 15) is 0 Å². The molecular weight excluding hydrogens is 246 g/mol. The SMILES string of the molecule is CCC(N[C@@H](C)c1ccccc1)c1ccc(OC)cc1. The molecular formula is C18H23NO. The van der Waals surface area contributed by atoms with Gasteiger partial charge in [-0.3, -0.25) is 0 Å². The van der Waals surface area contributed by atoms with Gasteiger partial charge in [-0.05, 0) is 36.6 Å². The fourth-order valence-corrected chi connectivity index (χ4v) is 2.43. The average Bonchev–Trinajstić information content (AvgIpc) is 2.53. The minimum absolute atomic E-state index is 0.336. The van der Waals surface area contributed by atoms with Crippen LogP contribution in [-0.2, 0) is 0 Å². The molecule has 2 atom stereocenters.